The SMILES string of the molecule is CCCN(CC)Cc1cccc(C(N)=O)c1. The summed E-state index contributed by atoms with van der Waals surface area (Å²) in [6.45, 7) is 7.30. The molecular weight excluding hydrogens is 200 g/mol. The Morgan fingerprint density at radius 1 is 1.38 bits per heavy atom. The lowest BCUT2D eigenvalue weighted by Gasteiger charge is -2.19. The van der Waals surface area contributed by atoms with Crippen LogP contribution in [0.2, 0.25) is 0 Å². The van der Waals surface area contributed by atoms with Crippen LogP contribution in [0.5, 0.6) is 0 Å². The third-order valence-electron chi connectivity index (χ3n) is 2.60. The molecule has 0 aliphatic rings. The van der Waals surface area contributed by atoms with Gasteiger partial charge in [0.25, 0.3) is 0 Å². The molecule has 0 heterocycles. The fourth-order valence-electron chi connectivity index (χ4n) is 1.75. The summed E-state index contributed by atoms with van der Waals surface area (Å²) < 4.78 is 0. The molecule has 0 saturated carbocycles. The van der Waals surface area contributed by atoms with E-state index in [-0.39, 0.29) is 5.91 Å². The lowest BCUT2D eigenvalue weighted by Crippen LogP contribution is -2.23. The van der Waals surface area contributed by atoms with Crippen molar-refractivity contribution in [3.05, 3.63) is 35.4 Å². The van der Waals surface area contributed by atoms with E-state index >= 15 is 0 Å². The lowest BCUT2D eigenvalue weighted by molar-refractivity contribution is 0.1000. The zero-order valence-corrected chi connectivity index (χ0v) is 10.1. The molecular formula is C13H20N2O. The highest BCUT2D eigenvalue weighted by Gasteiger charge is 2.05. The van der Waals surface area contributed by atoms with Crippen LogP contribution in [-0.2, 0) is 6.54 Å². The summed E-state index contributed by atoms with van der Waals surface area (Å²) in [7, 11) is 0. The Morgan fingerprint density at radius 2 is 2.12 bits per heavy atom. The van der Waals surface area contributed by atoms with Crippen LogP contribution < -0.4 is 5.73 Å². The summed E-state index contributed by atoms with van der Waals surface area (Å²) >= 11 is 0. The molecule has 3 heteroatoms. The number of carbonyl (C=O) groups excluding carboxylic acids is 1. The van der Waals surface area contributed by atoms with E-state index in [1.807, 2.05) is 18.2 Å². The third kappa shape index (κ3) is 3.66. The Labute approximate surface area is 97.2 Å². The van der Waals surface area contributed by atoms with Gasteiger partial charge in [0.2, 0.25) is 5.91 Å². The molecule has 1 amide bonds. The maximum absolute atomic E-state index is 11.0. The molecule has 3 nitrogen and oxygen atoms in total. The van der Waals surface area contributed by atoms with Crippen LogP contribution in [0.1, 0.15) is 36.2 Å². The molecule has 1 aromatic rings. The summed E-state index contributed by atoms with van der Waals surface area (Å²) in [6, 6.07) is 7.54. The Balaban J connectivity index is 2.72. The van der Waals surface area contributed by atoms with Gasteiger partial charge in [0.1, 0.15) is 0 Å². The molecule has 0 aliphatic heterocycles. The predicted molar refractivity (Wildman–Crippen MR) is 66.2 cm³/mol. The van der Waals surface area contributed by atoms with Crippen molar-refractivity contribution in [1.82, 2.24) is 4.90 Å². The first-order valence-electron chi connectivity index (χ1n) is 5.78. The summed E-state index contributed by atoms with van der Waals surface area (Å²) in [5.74, 6) is -0.361. The fraction of sp³-hybridized carbons (Fsp3) is 0.462. The van der Waals surface area contributed by atoms with Gasteiger partial charge < -0.3 is 5.73 Å². The van der Waals surface area contributed by atoms with Crippen LogP contribution in [0, 0.1) is 0 Å². The topological polar surface area (TPSA) is 46.3 Å². The van der Waals surface area contributed by atoms with Crippen LogP contribution in [0.25, 0.3) is 0 Å². The molecule has 0 unspecified atom stereocenters. The Morgan fingerprint density at radius 3 is 2.69 bits per heavy atom. The van der Waals surface area contributed by atoms with Crippen molar-refractivity contribution in [2.75, 3.05) is 13.1 Å². The van der Waals surface area contributed by atoms with Crippen molar-refractivity contribution in [2.45, 2.75) is 26.8 Å². The summed E-state index contributed by atoms with van der Waals surface area (Å²) in [6.07, 6.45) is 1.14. The minimum Gasteiger partial charge on any atom is -0.366 e. The smallest absolute Gasteiger partial charge is 0.248 e. The Kier molecular flexibility index (Phi) is 4.99. The maximum Gasteiger partial charge on any atom is 0.248 e. The Bertz CT molecular complexity index is 350. The van der Waals surface area contributed by atoms with Crippen molar-refractivity contribution < 1.29 is 4.79 Å². The summed E-state index contributed by atoms with van der Waals surface area (Å²) in [5, 5.41) is 0. The van der Waals surface area contributed by atoms with E-state index in [0.717, 1.165) is 31.6 Å². The van der Waals surface area contributed by atoms with Gasteiger partial charge in [-0.25, -0.2) is 0 Å². The summed E-state index contributed by atoms with van der Waals surface area (Å²) in [4.78, 5) is 13.4. The second-order valence-electron chi connectivity index (χ2n) is 3.93. The number of nitrogens with two attached hydrogens (primary N) is 1. The predicted octanol–water partition coefficient (Wildman–Crippen LogP) is 2.02. The number of primary amides is 1. The van der Waals surface area contributed by atoms with Gasteiger partial charge in [-0.2, -0.15) is 0 Å². The third-order valence-corrected chi connectivity index (χ3v) is 2.60. The van der Waals surface area contributed by atoms with Gasteiger partial charge in [-0.05, 0) is 37.2 Å². The molecule has 1 rings (SSSR count). The monoisotopic (exact) mass is 220 g/mol. The van der Waals surface area contributed by atoms with Crippen LogP contribution >= 0.6 is 0 Å². The zero-order valence-electron chi connectivity index (χ0n) is 10.1. The number of rotatable bonds is 6. The standard InChI is InChI=1S/C13H20N2O/c1-3-8-15(4-2)10-11-6-5-7-12(9-11)13(14)16/h5-7,9H,3-4,8,10H2,1-2H3,(H2,14,16). The summed E-state index contributed by atoms with van der Waals surface area (Å²) in [5.41, 5.74) is 6.99. The Hall–Kier alpha value is -1.35. The zero-order chi connectivity index (χ0) is 12.0. The van der Waals surface area contributed by atoms with E-state index in [1.54, 1.807) is 6.07 Å². The van der Waals surface area contributed by atoms with Gasteiger partial charge in [-0.1, -0.05) is 26.0 Å². The molecule has 0 bridgehead atoms. The van der Waals surface area contributed by atoms with Crippen molar-refractivity contribution in [3.8, 4) is 0 Å². The van der Waals surface area contributed by atoms with Crippen LogP contribution in [-0.4, -0.2) is 23.9 Å². The lowest BCUT2D eigenvalue weighted by atomic mass is 10.1. The van der Waals surface area contributed by atoms with Gasteiger partial charge in [-0.15, -0.1) is 0 Å². The van der Waals surface area contributed by atoms with E-state index in [9.17, 15) is 4.79 Å². The van der Waals surface area contributed by atoms with E-state index < -0.39 is 0 Å². The first-order valence-corrected chi connectivity index (χ1v) is 5.78. The van der Waals surface area contributed by atoms with Gasteiger partial charge in [0, 0.05) is 12.1 Å². The molecule has 0 atom stereocenters. The number of amides is 1. The van der Waals surface area contributed by atoms with E-state index in [2.05, 4.69) is 18.7 Å². The van der Waals surface area contributed by atoms with Crippen molar-refractivity contribution in [3.63, 3.8) is 0 Å². The van der Waals surface area contributed by atoms with E-state index in [4.69, 9.17) is 5.73 Å². The van der Waals surface area contributed by atoms with E-state index in [0.29, 0.717) is 5.56 Å². The van der Waals surface area contributed by atoms with Crippen LogP contribution in [0.15, 0.2) is 24.3 Å². The quantitative estimate of drug-likeness (QED) is 0.797. The van der Waals surface area contributed by atoms with Gasteiger partial charge in [0.15, 0.2) is 0 Å². The molecule has 0 radical (unpaired) electrons. The van der Waals surface area contributed by atoms with E-state index in [1.165, 1.54) is 0 Å². The average molecular weight is 220 g/mol. The minimum atomic E-state index is -0.361. The molecule has 0 fully saturated rings. The van der Waals surface area contributed by atoms with Crippen molar-refractivity contribution >= 4 is 5.91 Å². The molecule has 0 spiro atoms. The minimum absolute atomic E-state index is 0.361. The number of nitrogens with zero attached hydrogens (tertiary/aromatic N) is 1. The normalized spacial score (nSPS) is 10.7. The number of benzene rings is 1. The first kappa shape index (κ1) is 12.7. The molecule has 0 aromatic heterocycles. The number of carbonyl (C=O) groups is 1. The molecule has 0 saturated heterocycles. The molecule has 88 valence electrons. The average Bonchev–Trinajstić information content (AvgIpc) is 2.29. The van der Waals surface area contributed by atoms with Gasteiger partial charge in [0.05, 0.1) is 0 Å². The van der Waals surface area contributed by atoms with Gasteiger partial charge in [-0.3, -0.25) is 9.69 Å². The number of hydrogen-bond acceptors (Lipinski definition) is 2. The van der Waals surface area contributed by atoms with Crippen molar-refractivity contribution in [2.24, 2.45) is 5.73 Å². The number of hydrogen-bond donors (Lipinski definition) is 1. The maximum atomic E-state index is 11.0. The molecule has 16 heavy (non-hydrogen) atoms. The largest absolute Gasteiger partial charge is 0.366 e. The fourth-order valence-corrected chi connectivity index (χ4v) is 1.75. The first-order chi connectivity index (χ1) is 7.67. The second kappa shape index (κ2) is 6.28. The van der Waals surface area contributed by atoms with Crippen molar-refractivity contribution in [1.29, 1.82) is 0 Å². The molecule has 1 aromatic carbocycles. The molecule has 2 N–H and O–H groups in total. The van der Waals surface area contributed by atoms with Crippen LogP contribution in [0.4, 0.5) is 0 Å². The highest BCUT2D eigenvalue weighted by atomic mass is 16.1. The van der Waals surface area contributed by atoms with Gasteiger partial charge >= 0.3 is 0 Å². The second-order valence-corrected chi connectivity index (χ2v) is 3.93. The molecule has 0 aliphatic carbocycles. The highest BCUT2D eigenvalue weighted by molar-refractivity contribution is 5.92. The highest BCUT2D eigenvalue weighted by Crippen LogP contribution is 2.08. The van der Waals surface area contributed by atoms with Crippen LogP contribution in [0.3, 0.4) is 0 Å².